The van der Waals surface area contributed by atoms with Crippen molar-refractivity contribution in [2.75, 3.05) is 0 Å². The zero-order valence-corrected chi connectivity index (χ0v) is 9.93. The van der Waals surface area contributed by atoms with Crippen LogP contribution in [0.2, 0.25) is 0 Å². The summed E-state index contributed by atoms with van der Waals surface area (Å²) >= 11 is 0. The van der Waals surface area contributed by atoms with Gasteiger partial charge < -0.3 is 5.11 Å². The highest BCUT2D eigenvalue weighted by atomic mass is 16.4. The first kappa shape index (κ1) is 10.8. The fourth-order valence-corrected chi connectivity index (χ4v) is 3.55. The molecule has 2 heteroatoms. The van der Waals surface area contributed by atoms with Crippen LogP contribution in [0.4, 0.5) is 0 Å². The van der Waals surface area contributed by atoms with E-state index >= 15 is 0 Å². The molecule has 0 saturated heterocycles. The number of benzene rings is 1. The molecule has 2 fully saturated rings. The summed E-state index contributed by atoms with van der Waals surface area (Å²) in [5.41, 5.74) is 1.75. The number of carboxylic acids is 1. The third-order valence-electron chi connectivity index (χ3n) is 4.70. The van der Waals surface area contributed by atoms with Crippen LogP contribution in [0.3, 0.4) is 0 Å². The lowest BCUT2D eigenvalue weighted by Crippen LogP contribution is -2.19. The Kier molecular flexibility index (Phi) is 2.46. The zero-order chi connectivity index (χ0) is 11.9. The Morgan fingerprint density at radius 3 is 2.41 bits per heavy atom. The first-order valence-electron chi connectivity index (χ1n) is 6.51. The second-order valence-corrected chi connectivity index (χ2v) is 5.57. The number of aliphatic carboxylic acids is 1. The van der Waals surface area contributed by atoms with E-state index in [2.05, 4.69) is 24.3 Å². The molecule has 17 heavy (non-hydrogen) atoms. The largest absolute Gasteiger partial charge is 0.481 e. The average Bonchev–Trinajstić information content (AvgIpc) is 3.00. The summed E-state index contributed by atoms with van der Waals surface area (Å²) in [6.07, 6.45) is 5.33. The maximum Gasteiger partial charge on any atom is 0.306 e. The first-order chi connectivity index (χ1) is 8.22. The van der Waals surface area contributed by atoms with Gasteiger partial charge in [0.05, 0.1) is 5.92 Å². The Morgan fingerprint density at radius 2 is 1.88 bits per heavy atom. The predicted molar refractivity (Wildman–Crippen MR) is 65.8 cm³/mol. The second-order valence-electron chi connectivity index (χ2n) is 5.57. The maximum atomic E-state index is 11.0. The van der Waals surface area contributed by atoms with Crippen LogP contribution in [-0.4, -0.2) is 11.1 Å². The van der Waals surface area contributed by atoms with Gasteiger partial charge in [0, 0.05) is 0 Å². The van der Waals surface area contributed by atoms with E-state index in [0.717, 1.165) is 19.3 Å². The van der Waals surface area contributed by atoms with Crippen molar-refractivity contribution in [1.82, 2.24) is 0 Å². The molecular formula is C15H18O2. The van der Waals surface area contributed by atoms with Gasteiger partial charge in [-0.3, -0.25) is 4.79 Å². The van der Waals surface area contributed by atoms with Crippen molar-refractivity contribution in [3.63, 3.8) is 0 Å². The van der Waals surface area contributed by atoms with E-state index in [1.165, 1.54) is 18.4 Å². The van der Waals surface area contributed by atoms with E-state index in [4.69, 9.17) is 5.11 Å². The minimum absolute atomic E-state index is 0.0961. The monoisotopic (exact) mass is 230 g/mol. The second kappa shape index (κ2) is 3.86. The summed E-state index contributed by atoms with van der Waals surface area (Å²) < 4.78 is 0. The molecule has 0 aromatic heterocycles. The molecule has 0 spiro atoms. The van der Waals surface area contributed by atoms with Gasteiger partial charge in [0.15, 0.2) is 0 Å². The SMILES string of the molecule is O=C(O)[C@@H]1CC[C@@H](C2(c3ccccc3)CC2)C1. The molecule has 2 saturated carbocycles. The number of rotatable bonds is 3. The lowest BCUT2D eigenvalue weighted by molar-refractivity contribution is -0.141. The van der Waals surface area contributed by atoms with Crippen LogP contribution in [0.25, 0.3) is 0 Å². The summed E-state index contributed by atoms with van der Waals surface area (Å²) in [5, 5.41) is 9.09. The number of hydrogen-bond acceptors (Lipinski definition) is 1. The summed E-state index contributed by atoms with van der Waals surface area (Å²) in [5.74, 6) is -0.108. The van der Waals surface area contributed by atoms with Gasteiger partial charge in [0.25, 0.3) is 0 Å². The minimum atomic E-state index is -0.601. The Morgan fingerprint density at radius 1 is 1.18 bits per heavy atom. The third-order valence-corrected chi connectivity index (χ3v) is 4.70. The highest BCUT2D eigenvalue weighted by molar-refractivity contribution is 5.70. The fraction of sp³-hybridized carbons (Fsp3) is 0.533. The fourth-order valence-electron chi connectivity index (χ4n) is 3.55. The molecule has 2 atom stereocenters. The summed E-state index contributed by atoms with van der Waals surface area (Å²) in [7, 11) is 0. The van der Waals surface area contributed by atoms with E-state index in [9.17, 15) is 4.79 Å². The Hall–Kier alpha value is -1.31. The van der Waals surface area contributed by atoms with Crippen LogP contribution in [0.1, 0.15) is 37.7 Å². The van der Waals surface area contributed by atoms with E-state index in [1.54, 1.807) is 0 Å². The molecule has 0 aliphatic heterocycles. The van der Waals surface area contributed by atoms with Crippen LogP contribution < -0.4 is 0 Å². The smallest absolute Gasteiger partial charge is 0.306 e. The molecule has 2 aliphatic rings. The van der Waals surface area contributed by atoms with Crippen molar-refractivity contribution in [2.24, 2.45) is 11.8 Å². The molecule has 0 heterocycles. The third kappa shape index (κ3) is 1.76. The molecule has 1 N–H and O–H groups in total. The van der Waals surface area contributed by atoms with Crippen LogP contribution in [0.15, 0.2) is 30.3 Å². The van der Waals surface area contributed by atoms with Crippen LogP contribution in [0, 0.1) is 11.8 Å². The van der Waals surface area contributed by atoms with Gasteiger partial charge in [-0.15, -0.1) is 0 Å². The number of carboxylic acid groups (broad SMARTS) is 1. The van der Waals surface area contributed by atoms with Crippen LogP contribution >= 0.6 is 0 Å². The number of carbonyl (C=O) groups is 1. The van der Waals surface area contributed by atoms with Gasteiger partial charge >= 0.3 is 5.97 Å². The highest BCUT2D eigenvalue weighted by Crippen LogP contribution is 2.59. The van der Waals surface area contributed by atoms with Crippen molar-refractivity contribution in [3.8, 4) is 0 Å². The number of hydrogen-bond donors (Lipinski definition) is 1. The Bertz CT molecular complexity index is 420. The lowest BCUT2D eigenvalue weighted by atomic mass is 9.81. The molecule has 0 radical (unpaired) electrons. The van der Waals surface area contributed by atoms with E-state index in [1.807, 2.05) is 6.07 Å². The van der Waals surface area contributed by atoms with Crippen molar-refractivity contribution >= 4 is 5.97 Å². The average molecular weight is 230 g/mol. The van der Waals surface area contributed by atoms with Gasteiger partial charge in [-0.2, -0.15) is 0 Å². The molecule has 2 nitrogen and oxygen atoms in total. The van der Waals surface area contributed by atoms with Crippen molar-refractivity contribution in [1.29, 1.82) is 0 Å². The van der Waals surface area contributed by atoms with E-state index < -0.39 is 5.97 Å². The minimum Gasteiger partial charge on any atom is -0.481 e. The zero-order valence-electron chi connectivity index (χ0n) is 9.93. The van der Waals surface area contributed by atoms with Crippen molar-refractivity contribution in [2.45, 2.75) is 37.5 Å². The summed E-state index contributed by atoms with van der Waals surface area (Å²) in [6.45, 7) is 0. The highest BCUT2D eigenvalue weighted by Gasteiger charge is 2.52. The van der Waals surface area contributed by atoms with Crippen LogP contribution in [0.5, 0.6) is 0 Å². The summed E-state index contributed by atoms with van der Waals surface area (Å²) in [6, 6.07) is 10.7. The summed E-state index contributed by atoms with van der Waals surface area (Å²) in [4.78, 5) is 11.0. The first-order valence-corrected chi connectivity index (χ1v) is 6.51. The topological polar surface area (TPSA) is 37.3 Å². The molecule has 90 valence electrons. The van der Waals surface area contributed by atoms with Gasteiger partial charge in [-0.05, 0) is 49.0 Å². The molecule has 0 unspecified atom stereocenters. The molecule has 1 aromatic carbocycles. The Labute approximate surface area is 102 Å². The standard InChI is InChI=1S/C15H18O2/c16-14(17)11-6-7-13(10-11)15(8-9-15)12-4-2-1-3-5-12/h1-5,11,13H,6-10H2,(H,16,17)/t11-,13-/m1/s1. The molecular weight excluding hydrogens is 212 g/mol. The molecule has 3 rings (SSSR count). The predicted octanol–water partition coefficient (Wildman–Crippen LogP) is 3.22. The molecule has 0 amide bonds. The normalized spacial score (nSPS) is 30.1. The maximum absolute atomic E-state index is 11.0. The molecule has 1 aromatic rings. The lowest BCUT2D eigenvalue weighted by Gasteiger charge is -2.23. The van der Waals surface area contributed by atoms with Crippen LogP contribution in [-0.2, 0) is 10.2 Å². The van der Waals surface area contributed by atoms with Gasteiger partial charge in [0.2, 0.25) is 0 Å². The Balaban J connectivity index is 1.79. The van der Waals surface area contributed by atoms with Gasteiger partial charge in [0.1, 0.15) is 0 Å². The van der Waals surface area contributed by atoms with Gasteiger partial charge in [-0.25, -0.2) is 0 Å². The quantitative estimate of drug-likeness (QED) is 0.865. The molecule has 0 bridgehead atoms. The van der Waals surface area contributed by atoms with Crippen molar-refractivity contribution in [3.05, 3.63) is 35.9 Å². The molecule has 2 aliphatic carbocycles. The van der Waals surface area contributed by atoms with E-state index in [0.29, 0.717) is 11.3 Å². The van der Waals surface area contributed by atoms with Gasteiger partial charge in [-0.1, -0.05) is 30.3 Å². The van der Waals surface area contributed by atoms with Crippen molar-refractivity contribution < 1.29 is 9.90 Å². The van der Waals surface area contributed by atoms with E-state index in [-0.39, 0.29) is 5.92 Å².